The monoisotopic (exact) mass is 414 g/mol. The molecule has 2 heterocycles. The second kappa shape index (κ2) is 8.19. The highest BCUT2D eigenvalue weighted by Crippen LogP contribution is 2.29. The van der Waals surface area contributed by atoms with Crippen molar-refractivity contribution in [3.8, 4) is 0 Å². The van der Waals surface area contributed by atoms with Crippen molar-refractivity contribution in [1.82, 2.24) is 8.61 Å². The first-order valence-corrected chi connectivity index (χ1v) is 12.8. The molecule has 152 valence electrons. The van der Waals surface area contributed by atoms with Crippen LogP contribution in [0.3, 0.4) is 0 Å². The van der Waals surface area contributed by atoms with E-state index in [1.807, 2.05) is 6.92 Å². The number of benzene rings is 1. The molecule has 2 aliphatic rings. The maximum atomic E-state index is 13.0. The van der Waals surface area contributed by atoms with Gasteiger partial charge in [-0.05, 0) is 62.3 Å². The van der Waals surface area contributed by atoms with Crippen molar-refractivity contribution in [3.63, 3.8) is 0 Å². The zero-order valence-corrected chi connectivity index (χ0v) is 17.8. The van der Waals surface area contributed by atoms with Gasteiger partial charge in [0.25, 0.3) is 0 Å². The number of hydrogen-bond donors (Lipinski definition) is 0. The number of rotatable bonds is 5. The molecular formula is C19H30N2O4S2. The minimum absolute atomic E-state index is 0.0301. The Balaban J connectivity index is 1.82. The second-order valence-corrected chi connectivity index (χ2v) is 11.6. The summed E-state index contributed by atoms with van der Waals surface area (Å²) in [7, 11) is -7.16. The van der Waals surface area contributed by atoms with Crippen LogP contribution in [-0.4, -0.2) is 51.1 Å². The van der Waals surface area contributed by atoms with Gasteiger partial charge in [-0.2, -0.15) is 8.61 Å². The summed E-state index contributed by atoms with van der Waals surface area (Å²) in [5.74, 6) is 0.542. The van der Waals surface area contributed by atoms with Crippen molar-refractivity contribution in [2.75, 3.05) is 19.6 Å². The molecule has 3 rings (SSSR count). The second-order valence-electron chi connectivity index (χ2n) is 7.73. The van der Waals surface area contributed by atoms with Gasteiger partial charge >= 0.3 is 0 Å². The molecule has 0 saturated carbocycles. The lowest BCUT2D eigenvalue weighted by molar-refractivity contribution is 0.246. The largest absolute Gasteiger partial charge is 0.243 e. The van der Waals surface area contributed by atoms with Gasteiger partial charge in [0.2, 0.25) is 20.0 Å². The summed E-state index contributed by atoms with van der Waals surface area (Å²) in [6, 6.07) is 5.78. The van der Waals surface area contributed by atoms with E-state index in [1.54, 1.807) is 4.31 Å². The van der Waals surface area contributed by atoms with Crippen molar-refractivity contribution >= 4 is 20.0 Å². The maximum absolute atomic E-state index is 13.0. The third-order valence-electron chi connectivity index (χ3n) is 5.86. The molecule has 2 aliphatic heterocycles. The number of piperidine rings is 2. The van der Waals surface area contributed by atoms with Crippen molar-refractivity contribution in [2.24, 2.45) is 5.92 Å². The molecule has 0 aliphatic carbocycles. The predicted octanol–water partition coefficient (Wildman–Crippen LogP) is 3.06. The molecule has 0 bridgehead atoms. The Bertz CT molecular complexity index is 842. The summed E-state index contributed by atoms with van der Waals surface area (Å²) in [4.78, 5) is 0.343. The Morgan fingerprint density at radius 2 is 1.41 bits per heavy atom. The predicted molar refractivity (Wildman–Crippen MR) is 105 cm³/mol. The van der Waals surface area contributed by atoms with Crippen LogP contribution in [0.4, 0.5) is 0 Å². The van der Waals surface area contributed by atoms with E-state index >= 15 is 0 Å². The minimum Gasteiger partial charge on any atom is -0.207 e. The molecule has 6 nitrogen and oxygen atoms in total. The van der Waals surface area contributed by atoms with Crippen LogP contribution in [0.2, 0.25) is 0 Å². The molecular weight excluding hydrogens is 384 g/mol. The Labute approximate surface area is 163 Å². The fourth-order valence-electron chi connectivity index (χ4n) is 3.99. The molecule has 27 heavy (non-hydrogen) atoms. The SMILES string of the molecule is CC[C@@H]1CCCCN1S(=O)(=O)c1ccc(S(=O)(=O)N2CCC(C)CC2)cc1. The Morgan fingerprint density at radius 1 is 0.852 bits per heavy atom. The van der Waals surface area contributed by atoms with Gasteiger partial charge < -0.3 is 0 Å². The van der Waals surface area contributed by atoms with E-state index in [1.165, 1.54) is 28.6 Å². The highest BCUT2D eigenvalue weighted by Gasteiger charge is 2.33. The topological polar surface area (TPSA) is 74.8 Å². The van der Waals surface area contributed by atoms with E-state index in [2.05, 4.69) is 6.92 Å². The molecule has 0 spiro atoms. The summed E-state index contributed by atoms with van der Waals surface area (Å²) in [5.41, 5.74) is 0. The average molecular weight is 415 g/mol. The Kier molecular flexibility index (Phi) is 6.30. The fourth-order valence-corrected chi connectivity index (χ4v) is 7.23. The third kappa shape index (κ3) is 4.23. The molecule has 2 saturated heterocycles. The maximum Gasteiger partial charge on any atom is 0.243 e. The van der Waals surface area contributed by atoms with Gasteiger partial charge in [-0.1, -0.05) is 20.3 Å². The van der Waals surface area contributed by atoms with Crippen LogP contribution in [0.25, 0.3) is 0 Å². The molecule has 0 amide bonds. The average Bonchev–Trinajstić information content (AvgIpc) is 2.68. The smallest absolute Gasteiger partial charge is 0.207 e. The van der Waals surface area contributed by atoms with Gasteiger partial charge in [0, 0.05) is 25.7 Å². The first kappa shape index (κ1) is 20.8. The van der Waals surface area contributed by atoms with Gasteiger partial charge in [0.1, 0.15) is 0 Å². The summed E-state index contributed by atoms with van der Waals surface area (Å²) in [5, 5.41) is 0. The molecule has 0 radical (unpaired) electrons. The molecule has 1 aromatic carbocycles. The number of nitrogens with zero attached hydrogens (tertiary/aromatic N) is 2. The van der Waals surface area contributed by atoms with Gasteiger partial charge in [-0.25, -0.2) is 16.8 Å². The number of sulfonamides is 2. The van der Waals surface area contributed by atoms with E-state index < -0.39 is 20.0 Å². The summed E-state index contributed by atoms with van der Waals surface area (Å²) < 4.78 is 54.8. The van der Waals surface area contributed by atoms with Crippen LogP contribution in [0.15, 0.2) is 34.1 Å². The Morgan fingerprint density at radius 3 is 1.96 bits per heavy atom. The quantitative estimate of drug-likeness (QED) is 0.742. The van der Waals surface area contributed by atoms with Crippen molar-refractivity contribution in [3.05, 3.63) is 24.3 Å². The van der Waals surface area contributed by atoms with Gasteiger partial charge in [0.15, 0.2) is 0 Å². The molecule has 8 heteroatoms. The van der Waals surface area contributed by atoms with Gasteiger partial charge in [-0.15, -0.1) is 0 Å². The first-order valence-electron chi connectivity index (χ1n) is 9.89. The van der Waals surface area contributed by atoms with Crippen LogP contribution in [-0.2, 0) is 20.0 Å². The normalized spacial score (nSPS) is 24.1. The van der Waals surface area contributed by atoms with Crippen LogP contribution in [0, 0.1) is 5.92 Å². The lowest BCUT2D eigenvalue weighted by atomic mass is 10.0. The standard InChI is InChI=1S/C19H30N2O4S2/c1-3-17-6-4-5-13-21(17)27(24,25)19-9-7-18(8-10-19)26(22,23)20-14-11-16(2)12-15-20/h7-10,16-17H,3-6,11-15H2,1-2H3/t17-/m1/s1. The molecule has 0 unspecified atom stereocenters. The molecule has 0 aromatic heterocycles. The summed E-state index contributed by atoms with van der Waals surface area (Å²) >= 11 is 0. The van der Waals surface area contributed by atoms with Crippen molar-refractivity contribution in [1.29, 1.82) is 0 Å². The zero-order valence-electron chi connectivity index (χ0n) is 16.2. The molecule has 1 atom stereocenters. The Hall–Kier alpha value is -0.960. The van der Waals surface area contributed by atoms with E-state index in [0.717, 1.165) is 38.5 Å². The van der Waals surface area contributed by atoms with Crippen molar-refractivity contribution in [2.45, 2.75) is 68.2 Å². The van der Waals surface area contributed by atoms with Gasteiger partial charge in [-0.3, -0.25) is 0 Å². The first-order chi connectivity index (χ1) is 12.8. The summed E-state index contributed by atoms with van der Waals surface area (Å²) in [6.45, 7) is 5.72. The van der Waals surface area contributed by atoms with Crippen LogP contribution >= 0.6 is 0 Å². The van der Waals surface area contributed by atoms with E-state index in [4.69, 9.17) is 0 Å². The fraction of sp³-hybridized carbons (Fsp3) is 0.684. The number of hydrogen-bond acceptors (Lipinski definition) is 4. The zero-order chi connectivity index (χ0) is 19.7. The highest BCUT2D eigenvalue weighted by molar-refractivity contribution is 7.89. The van der Waals surface area contributed by atoms with Crippen LogP contribution in [0.5, 0.6) is 0 Å². The summed E-state index contributed by atoms with van der Waals surface area (Å²) in [6.07, 6.45) is 5.32. The van der Waals surface area contributed by atoms with E-state index in [9.17, 15) is 16.8 Å². The third-order valence-corrected chi connectivity index (χ3v) is 9.73. The molecule has 0 N–H and O–H groups in total. The van der Waals surface area contributed by atoms with Gasteiger partial charge in [0.05, 0.1) is 9.79 Å². The molecule has 1 aromatic rings. The van der Waals surface area contributed by atoms with E-state index in [-0.39, 0.29) is 15.8 Å². The molecule has 2 fully saturated rings. The highest BCUT2D eigenvalue weighted by atomic mass is 32.2. The lowest BCUT2D eigenvalue weighted by Crippen LogP contribution is -2.43. The van der Waals surface area contributed by atoms with Crippen LogP contribution in [0.1, 0.15) is 52.4 Å². The van der Waals surface area contributed by atoms with E-state index in [0.29, 0.717) is 25.6 Å². The van der Waals surface area contributed by atoms with Crippen molar-refractivity contribution < 1.29 is 16.8 Å². The minimum atomic E-state index is -3.59. The van der Waals surface area contributed by atoms with Crippen LogP contribution < -0.4 is 0 Å². The lowest BCUT2D eigenvalue weighted by Gasteiger charge is -2.34.